The van der Waals surface area contributed by atoms with Gasteiger partial charge in [-0.15, -0.1) is 0 Å². The molecule has 1 aromatic rings. The fraction of sp³-hybridized carbons (Fsp3) is 0.769. The van der Waals surface area contributed by atoms with Crippen LogP contribution in [0, 0.1) is 5.92 Å². The molecule has 1 N–H and O–H groups in total. The number of esters is 1. The Morgan fingerprint density at radius 3 is 2.84 bits per heavy atom. The highest BCUT2D eigenvalue weighted by molar-refractivity contribution is 5.75. The second kappa shape index (κ2) is 7.89. The average Bonchev–Trinajstić information content (AvgIpc) is 2.81. The van der Waals surface area contributed by atoms with Crippen LogP contribution in [0.5, 0.6) is 0 Å². The van der Waals surface area contributed by atoms with Gasteiger partial charge in [-0.05, 0) is 18.8 Å². The summed E-state index contributed by atoms with van der Waals surface area (Å²) >= 11 is 0. The van der Waals surface area contributed by atoms with Gasteiger partial charge in [0.1, 0.15) is 18.2 Å². The summed E-state index contributed by atoms with van der Waals surface area (Å²) < 4.78 is 6.67. The van der Waals surface area contributed by atoms with Crippen LogP contribution in [0.2, 0.25) is 0 Å². The normalized spacial score (nSPS) is 12.7. The summed E-state index contributed by atoms with van der Waals surface area (Å²) in [5, 5.41) is 7.36. The Hall–Kier alpha value is -1.43. The third-order valence-electron chi connectivity index (χ3n) is 2.83. The van der Waals surface area contributed by atoms with Crippen molar-refractivity contribution in [2.75, 3.05) is 7.11 Å². The number of aromatic nitrogens is 3. The zero-order valence-corrected chi connectivity index (χ0v) is 12.2. The lowest BCUT2D eigenvalue weighted by Gasteiger charge is -2.18. The van der Waals surface area contributed by atoms with E-state index in [1.165, 1.54) is 7.11 Å². The van der Waals surface area contributed by atoms with E-state index < -0.39 is 0 Å². The molecule has 0 radical (unpaired) electrons. The zero-order valence-electron chi connectivity index (χ0n) is 12.2. The molecule has 19 heavy (non-hydrogen) atoms. The molecule has 6 nitrogen and oxygen atoms in total. The molecule has 0 saturated carbocycles. The number of hydrogen-bond donors (Lipinski definition) is 1. The van der Waals surface area contributed by atoms with Crippen molar-refractivity contribution in [1.29, 1.82) is 0 Å². The second-order valence-electron chi connectivity index (χ2n) is 4.99. The molecular formula is C13H24N4O2. The van der Waals surface area contributed by atoms with E-state index in [1.807, 2.05) is 4.68 Å². The first-order valence-corrected chi connectivity index (χ1v) is 6.76. The predicted molar refractivity (Wildman–Crippen MR) is 72.4 cm³/mol. The summed E-state index contributed by atoms with van der Waals surface area (Å²) in [7, 11) is 1.41. The maximum atomic E-state index is 11.7. The molecular weight excluding hydrogens is 244 g/mol. The molecule has 0 spiro atoms. The Balaban J connectivity index is 2.59. The van der Waals surface area contributed by atoms with Gasteiger partial charge in [-0.25, -0.2) is 9.67 Å². The Morgan fingerprint density at radius 1 is 1.53 bits per heavy atom. The van der Waals surface area contributed by atoms with Gasteiger partial charge in [0, 0.05) is 6.54 Å². The third kappa shape index (κ3) is 4.98. The average molecular weight is 268 g/mol. The monoisotopic (exact) mass is 268 g/mol. The quantitative estimate of drug-likeness (QED) is 0.721. The minimum atomic E-state index is -0.295. The molecule has 1 unspecified atom stereocenters. The highest BCUT2D eigenvalue weighted by Gasteiger charge is 2.20. The summed E-state index contributed by atoms with van der Waals surface area (Å²) in [6.07, 6.45) is 3.29. The van der Waals surface area contributed by atoms with E-state index >= 15 is 0 Å². The summed E-state index contributed by atoms with van der Waals surface area (Å²) in [5.41, 5.74) is 0. The van der Waals surface area contributed by atoms with Crippen molar-refractivity contribution in [2.24, 2.45) is 5.92 Å². The summed E-state index contributed by atoms with van der Waals surface area (Å²) in [6, 6.07) is -0.295. The standard InChI is InChI=1S/C13H24N4O2/c1-5-6-17-12(15-9-16-17)8-14-11(7-10(2)3)13(18)19-4/h9-11,14H,5-8H2,1-4H3. The molecule has 0 aliphatic carbocycles. The number of nitrogens with zero attached hydrogens (tertiary/aromatic N) is 3. The van der Waals surface area contributed by atoms with E-state index in [9.17, 15) is 4.79 Å². The number of nitrogens with one attached hydrogen (secondary N) is 1. The van der Waals surface area contributed by atoms with Gasteiger partial charge in [-0.1, -0.05) is 20.8 Å². The highest BCUT2D eigenvalue weighted by Crippen LogP contribution is 2.07. The molecule has 1 aromatic heterocycles. The van der Waals surface area contributed by atoms with Crippen LogP contribution in [0.25, 0.3) is 0 Å². The van der Waals surface area contributed by atoms with Crippen LogP contribution in [-0.4, -0.2) is 33.9 Å². The van der Waals surface area contributed by atoms with Gasteiger partial charge in [0.25, 0.3) is 0 Å². The van der Waals surface area contributed by atoms with Gasteiger partial charge in [0.15, 0.2) is 0 Å². The molecule has 6 heteroatoms. The molecule has 1 atom stereocenters. The first kappa shape index (κ1) is 15.6. The maximum absolute atomic E-state index is 11.7. The second-order valence-corrected chi connectivity index (χ2v) is 4.99. The van der Waals surface area contributed by atoms with Crippen LogP contribution in [-0.2, 0) is 22.6 Å². The van der Waals surface area contributed by atoms with Crippen molar-refractivity contribution in [3.8, 4) is 0 Å². The van der Waals surface area contributed by atoms with Crippen molar-refractivity contribution >= 4 is 5.97 Å². The Labute approximate surface area is 114 Å². The van der Waals surface area contributed by atoms with E-state index in [-0.39, 0.29) is 12.0 Å². The van der Waals surface area contributed by atoms with Gasteiger partial charge in [-0.3, -0.25) is 10.1 Å². The lowest BCUT2D eigenvalue weighted by molar-refractivity contribution is -0.143. The van der Waals surface area contributed by atoms with Crippen LogP contribution < -0.4 is 5.32 Å². The van der Waals surface area contributed by atoms with Crippen LogP contribution in [0.15, 0.2) is 6.33 Å². The molecule has 0 saturated heterocycles. The van der Waals surface area contributed by atoms with Gasteiger partial charge in [0.05, 0.1) is 13.7 Å². The van der Waals surface area contributed by atoms with Crippen LogP contribution in [0.3, 0.4) is 0 Å². The lowest BCUT2D eigenvalue weighted by atomic mass is 10.0. The fourth-order valence-corrected chi connectivity index (χ4v) is 1.91. The van der Waals surface area contributed by atoms with Crippen molar-refractivity contribution in [1.82, 2.24) is 20.1 Å². The van der Waals surface area contributed by atoms with E-state index in [0.717, 1.165) is 25.2 Å². The summed E-state index contributed by atoms with van der Waals surface area (Å²) in [6.45, 7) is 7.61. The smallest absolute Gasteiger partial charge is 0.322 e. The summed E-state index contributed by atoms with van der Waals surface area (Å²) in [4.78, 5) is 15.9. The summed E-state index contributed by atoms with van der Waals surface area (Å²) in [5.74, 6) is 1.04. The topological polar surface area (TPSA) is 69.0 Å². The lowest BCUT2D eigenvalue weighted by Crippen LogP contribution is -2.38. The third-order valence-corrected chi connectivity index (χ3v) is 2.83. The minimum Gasteiger partial charge on any atom is -0.468 e. The number of carbonyl (C=O) groups excluding carboxylic acids is 1. The molecule has 1 rings (SSSR count). The van der Waals surface area contributed by atoms with E-state index in [2.05, 4.69) is 36.2 Å². The number of hydrogen-bond acceptors (Lipinski definition) is 5. The highest BCUT2D eigenvalue weighted by atomic mass is 16.5. The van der Waals surface area contributed by atoms with Gasteiger partial charge >= 0.3 is 5.97 Å². The Kier molecular flexibility index (Phi) is 6.49. The molecule has 108 valence electrons. The van der Waals surface area contributed by atoms with Crippen molar-refractivity contribution in [3.63, 3.8) is 0 Å². The maximum Gasteiger partial charge on any atom is 0.322 e. The van der Waals surface area contributed by atoms with Gasteiger partial charge in [0.2, 0.25) is 0 Å². The van der Waals surface area contributed by atoms with E-state index in [4.69, 9.17) is 4.74 Å². The van der Waals surface area contributed by atoms with Crippen molar-refractivity contribution in [3.05, 3.63) is 12.2 Å². The number of methoxy groups -OCH3 is 1. The van der Waals surface area contributed by atoms with Crippen LogP contribution in [0.4, 0.5) is 0 Å². The molecule has 1 heterocycles. The molecule has 0 aromatic carbocycles. The van der Waals surface area contributed by atoms with E-state index in [1.54, 1.807) is 6.33 Å². The predicted octanol–water partition coefficient (Wildman–Crippen LogP) is 1.37. The molecule has 0 amide bonds. The largest absolute Gasteiger partial charge is 0.468 e. The SMILES string of the molecule is CCCn1ncnc1CNC(CC(C)C)C(=O)OC. The van der Waals surface area contributed by atoms with Crippen LogP contribution in [0.1, 0.15) is 39.4 Å². The minimum absolute atomic E-state index is 0.227. The Bertz CT molecular complexity index is 390. The first-order valence-electron chi connectivity index (χ1n) is 6.76. The van der Waals surface area contributed by atoms with Gasteiger partial charge in [-0.2, -0.15) is 5.10 Å². The Morgan fingerprint density at radius 2 is 2.26 bits per heavy atom. The molecule has 0 fully saturated rings. The number of aryl methyl sites for hydroxylation is 1. The first-order chi connectivity index (χ1) is 9.08. The number of rotatable bonds is 8. The fourth-order valence-electron chi connectivity index (χ4n) is 1.91. The zero-order chi connectivity index (χ0) is 14.3. The number of carbonyl (C=O) groups is 1. The van der Waals surface area contributed by atoms with Crippen molar-refractivity contribution in [2.45, 2.75) is 52.7 Å². The van der Waals surface area contributed by atoms with Gasteiger partial charge < -0.3 is 4.74 Å². The number of ether oxygens (including phenoxy) is 1. The molecule has 0 aliphatic rings. The van der Waals surface area contributed by atoms with Crippen LogP contribution >= 0.6 is 0 Å². The van der Waals surface area contributed by atoms with Crippen molar-refractivity contribution < 1.29 is 9.53 Å². The molecule has 0 bridgehead atoms. The molecule has 0 aliphatic heterocycles. The van der Waals surface area contributed by atoms with E-state index in [0.29, 0.717) is 12.5 Å².